The molecule has 1 amide bonds. The van der Waals surface area contributed by atoms with Crippen LogP contribution in [0.3, 0.4) is 0 Å². The van der Waals surface area contributed by atoms with Gasteiger partial charge >= 0.3 is 6.18 Å². The van der Waals surface area contributed by atoms with Gasteiger partial charge < -0.3 is 10.3 Å². The Morgan fingerprint density at radius 3 is 2.60 bits per heavy atom. The Morgan fingerprint density at radius 2 is 1.86 bits per heavy atom. The molecule has 2 aliphatic rings. The number of rotatable bonds is 4. The fourth-order valence-electron chi connectivity index (χ4n) is 4.94. The summed E-state index contributed by atoms with van der Waals surface area (Å²) in [6.07, 6.45) is -0.705. The van der Waals surface area contributed by atoms with Crippen molar-refractivity contribution >= 4 is 22.2 Å². The molecule has 180 valence electrons. The van der Waals surface area contributed by atoms with Gasteiger partial charge in [0.25, 0.3) is 11.5 Å². The van der Waals surface area contributed by atoms with Crippen molar-refractivity contribution in [1.82, 2.24) is 24.8 Å². The Hall–Kier alpha value is -3.66. The maximum absolute atomic E-state index is 14.0. The molecule has 7 nitrogen and oxygen atoms in total. The fourth-order valence-corrected chi connectivity index (χ4v) is 4.94. The third-order valence-corrected chi connectivity index (χ3v) is 6.80. The van der Waals surface area contributed by atoms with Crippen LogP contribution in [0.15, 0.2) is 53.5 Å². The number of H-pyrrole nitrogens is 1. The van der Waals surface area contributed by atoms with E-state index in [1.54, 1.807) is 6.07 Å². The quantitative estimate of drug-likeness (QED) is 0.464. The summed E-state index contributed by atoms with van der Waals surface area (Å²) in [6.45, 7) is 1.42. The summed E-state index contributed by atoms with van der Waals surface area (Å²) < 4.78 is 43.0. The van der Waals surface area contributed by atoms with Crippen molar-refractivity contribution in [2.75, 3.05) is 13.1 Å². The summed E-state index contributed by atoms with van der Waals surface area (Å²) in [7, 11) is 0. The summed E-state index contributed by atoms with van der Waals surface area (Å²) in [5, 5.41) is 8.55. The predicted octanol–water partition coefficient (Wildman–Crippen LogP) is 3.83. The maximum Gasteiger partial charge on any atom is 0.421 e. The molecule has 2 fully saturated rings. The molecular formula is C25H22F3N5O2. The number of benzene rings is 2. The second-order valence-corrected chi connectivity index (χ2v) is 9.26. The van der Waals surface area contributed by atoms with Crippen molar-refractivity contribution in [3.63, 3.8) is 0 Å². The van der Waals surface area contributed by atoms with E-state index in [-0.39, 0.29) is 6.04 Å². The van der Waals surface area contributed by atoms with E-state index in [9.17, 15) is 22.8 Å². The molecule has 2 aromatic heterocycles. The van der Waals surface area contributed by atoms with Crippen LogP contribution >= 0.6 is 0 Å². The number of nitrogens with zero attached hydrogens (tertiary/aromatic N) is 3. The second kappa shape index (κ2) is 7.94. The Kier molecular flexibility index (Phi) is 4.96. The number of halogens is 3. The molecule has 1 aliphatic heterocycles. The van der Waals surface area contributed by atoms with Crippen molar-refractivity contribution in [2.45, 2.75) is 37.5 Å². The fraction of sp³-hybridized carbons (Fsp3) is 0.320. The maximum atomic E-state index is 14.0. The van der Waals surface area contributed by atoms with Crippen LogP contribution < -0.4 is 10.9 Å². The van der Waals surface area contributed by atoms with E-state index in [1.165, 1.54) is 6.20 Å². The zero-order valence-corrected chi connectivity index (χ0v) is 18.6. The molecule has 35 heavy (non-hydrogen) atoms. The molecule has 3 heterocycles. The zero-order valence-electron chi connectivity index (χ0n) is 18.6. The molecule has 2 aromatic carbocycles. The smallest absolute Gasteiger partial charge is 0.347 e. The molecular weight excluding hydrogens is 459 g/mol. The molecule has 1 aliphatic carbocycles. The van der Waals surface area contributed by atoms with Crippen LogP contribution in [0.2, 0.25) is 0 Å². The summed E-state index contributed by atoms with van der Waals surface area (Å²) in [5.74, 6) is -0.921. The highest BCUT2D eigenvalue weighted by Crippen LogP contribution is 2.35. The highest BCUT2D eigenvalue weighted by atomic mass is 19.4. The third kappa shape index (κ3) is 3.97. The van der Waals surface area contributed by atoms with E-state index >= 15 is 0 Å². The lowest BCUT2D eigenvalue weighted by molar-refractivity contribution is -0.136. The second-order valence-electron chi connectivity index (χ2n) is 9.26. The van der Waals surface area contributed by atoms with E-state index in [0.717, 1.165) is 34.7 Å². The van der Waals surface area contributed by atoms with E-state index in [2.05, 4.69) is 20.3 Å². The number of amides is 1. The number of nitrogens with one attached hydrogen (secondary N) is 2. The summed E-state index contributed by atoms with van der Waals surface area (Å²) in [6, 6.07) is 13.4. The lowest BCUT2D eigenvalue weighted by atomic mass is 10.1. The molecule has 1 saturated carbocycles. The summed E-state index contributed by atoms with van der Waals surface area (Å²) in [5.41, 5.74) is -2.85. The van der Waals surface area contributed by atoms with Gasteiger partial charge in [0.05, 0.1) is 11.9 Å². The third-order valence-electron chi connectivity index (χ3n) is 6.80. The molecule has 10 heteroatoms. The Bertz CT molecular complexity index is 1520. The number of carbonyl (C=O) groups is 1. The predicted molar refractivity (Wildman–Crippen MR) is 124 cm³/mol. The highest BCUT2D eigenvalue weighted by molar-refractivity contribution is 5.96. The van der Waals surface area contributed by atoms with Gasteiger partial charge in [-0.05, 0) is 36.1 Å². The molecule has 4 aromatic rings. The Balaban J connectivity index is 1.39. The van der Waals surface area contributed by atoms with Crippen LogP contribution in [0.4, 0.5) is 13.2 Å². The Labute approximate surface area is 197 Å². The first-order valence-electron chi connectivity index (χ1n) is 11.5. The first kappa shape index (κ1) is 21.8. The number of carbonyl (C=O) groups excluding carboxylic acids is 1. The van der Waals surface area contributed by atoms with Crippen molar-refractivity contribution in [3.8, 4) is 11.3 Å². The average Bonchev–Trinajstić information content (AvgIpc) is 3.43. The van der Waals surface area contributed by atoms with Gasteiger partial charge in [-0.1, -0.05) is 36.4 Å². The lowest BCUT2D eigenvalue weighted by Crippen LogP contribution is -2.38. The van der Waals surface area contributed by atoms with Crippen molar-refractivity contribution in [3.05, 3.63) is 70.3 Å². The van der Waals surface area contributed by atoms with Crippen LogP contribution in [-0.2, 0) is 6.18 Å². The van der Waals surface area contributed by atoms with Crippen LogP contribution in [0.5, 0.6) is 0 Å². The van der Waals surface area contributed by atoms with Gasteiger partial charge in [0.2, 0.25) is 0 Å². The van der Waals surface area contributed by atoms with E-state index in [1.807, 2.05) is 36.4 Å². The molecule has 1 atom stereocenters. The van der Waals surface area contributed by atoms with Crippen molar-refractivity contribution in [1.29, 1.82) is 0 Å². The standard InChI is InChI=1S/C25H22F3N5O2/c26-25(27,28)20-21(23(34)29-17-9-10-32(12-17)18-7-8-18)31-33-13-19(30-24(35)22(20)33)16-6-5-14-3-1-2-4-15(14)11-16/h1-6,11,13,17-18H,7-10,12H2,(H,29,34)(H,30,35). The zero-order chi connectivity index (χ0) is 24.3. The topological polar surface area (TPSA) is 82.5 Å². The van der Waals surface area contributed by atoms with E-state index in [4.69, 9.17) is 0 Å². The number of likely N-dealkylation sites (tertiary alicyclic amines) is 1. The van der Waals surface area contributed by atoms with Gasteiger partial charge in [0.15, 0.2) is 5.69 Å². The number of aromatic amines is 1. The highest BCUT2D eigenvalue weighted by Gasteiger charge is 2.42. The molecule has 0 bridgehead atoms. The van der Waals surface area contributed by atoms with Gasteiger partial charge in [0.1, 0.15) is 11.1 Å². The van der Waals surface area contributed by atoms with Crippen molar-refractivity contribution < 1.29 is 18.0 Å². The first-order chi connectivity index (χ1) is 16.8. The van der Waals surface area contributed by atoms with Gasteiger partial charge in [-0.3, -0.25) is 14.5 Å². The number of hydrogen-bond donors (Lipinski definition) is 2. The SMILES string of the molecule is O=C(NC1CCN(C2CC2)C1)c1nn2cc(-c3ccc4ccccc4c3)[nH]c(=O)c2c1C(F)(F)F. The minimum Gasteiger partial charge on any atom is -0.347 e. The molecule has 2 N–H and O–H groups in total. The summed E-state index contributed by atoms with van der Waals surface area (Å²) >= 11 is 0. The summed E-state index contributed by atoms with van der Waals surface area (Å²) in [4.78, 5) is 30.6. The minimum atomic E-state index is -4.93. The van der Waals surface area contributed by atoms with Gasteiger partial charge in [0, 0.05) is 30.7 Å². The number of aromatic nitrogens is 3. The number of hydrogen-bond acceptors (Lipinski definition) is 4. The number of fused-ring (bicyclic) bond motifs is 2. The number of alkyl halides is 3. The van der Waals surface area contributed by atoms with Crippen LogP contribution in [0, 0.1) is 0 Å². The van der Waals surface area contributed by atoms with Crippen LogP contribution in [0.1, 0.15) is 35.3 Å². The van der Waals surface area contributed by atoms with Gasteiger partial charge in [-0.25, -0.2) is 4.52 Å². The molecule has 6 rings (SSSR count). The van der Waals surface area contributed by atoms with Gasteiger partial charge in [-0.15, -0.1) is 0 Å². The molecule has 1 unspecified atom stereocenters. The van der Waals surface area contributed by atoms with Crippen LogP contribution in [0.25, 0.3) is 27.5 Å². The largest absolute Gasteiger partial charge is 0.421 e. The minimum absolute atomic E-state index is 0.250. The average molecular weight is 481 g/mol. The normalized spacial score (nSPS) is 19.0. The van der Waals surface area contributed by atoms with E-state index in [0.29, 0.717) is 30.3 Å². The monoisotopic (exact) mass is 481 g/mol. The van der Waals surface area contributed by atoms with Gasteiger partial charge in [-0.2, -0.15) is 18.3 Å². The molecule has 1 saturated heterocycles. The molecule has 0 spiro atoms. The Morgan fingerprint density at radius 1 is 1.09 bits per heavy atom. The molecule has 0 radical (unpaired) electrons. The lowest BCUT2D eigenvalue weighted by Gasteiger charge is -2.15. The van der Waals surface area contributed by atoms with Crippen molar-refractivity contribution in [2.24, 2.45) is 0 Å². The first-order valence-corrected chi connectivity index (χ1v) is 11.5. The van der Waals surface area contributed by atoms with E-state index < -0.39 is 34.4 Å². The van der Waals surface area contributed by atoms with Crippen LogP contribution in [-0.4, -0.2) is 50.6 Å².